The summed E-state index contributed by atoms with van der Waals surface area (Å²) in [5, 5.41) is 11.5. The van der Waals surface area contributed by atoms with E-state index in [9.17, 15) is 10.1 Å². The first-order valence-electron chi connectivity index (χ1n) is 4.08. The summed E-state index contributed by atoms with van der Waals surface area (Å²) in [6, 6.07) is 0. The maximum absolute atomic E-state index is 10.4. The number of imidazole rings is 1. The lowest BCUT2D eigenvalue weighted by Crippen LogP contribution is -1.96. The number of halogens is 2. The molecule has 1 aromatic heterocycles. The number of nitrogens with zero attached hydrogens (tertiary/aromatic N) is 3. The highest BCUT2D eigenvalue weighted by atomic mass is 79.9. The van der Waals surface area contributed by atoms with Crippen molar-refractivity contribution in [2.45, 2.75) is 19.4 Å². The number of unbranched alkanes of at least 4 members (excludes halogenated alkanes) is 1. The zero-order chi connectivity index (χ0) is 10.6. The van der Waals surface area contributed by atoms with Crippen LogP contribution in [-0.4, -0.2) is 19.8 Å². The van der Waals surface area contributed by atoms with Crippen molar-refractivity contribution in [1.29, 1.82) is 0 Å². The number of hydrogen-bond donors (Lipinski definition) is 0. The molecule has 0 spiro atoms. The van der Waals surface area contributed by atoms with Gasteiger partial charge in [-0.25, -0.2) is 0 Å². The highest BCUT2D eigenvalue weighted by Crippen LogP contribution is 2.16. The van der Waals surface area contributed by atoms with Gasteiger partial charge in [-0.05, 0) is 34.3 Å². The highest BCUT2D eigenvalue weighted by Gasteiger charge is 2.15. The van der Waals surface area contributed by atoms with Gasteiger partial charge in [0, 0.05) is 11.9 Å². The lowest BCUT2D eigenvalue weighted by molar-refractivity contribution is -0.389. The van der Waals surface area contributed by atoms with Crippen LogP contribution in [0.25, 0.3) is 0 Å². The summed E-state index contributed by atoms with van der Waals surface area (Å²) in [5.41, 5.74) is 0. The Morgan fingerprint density at radius 2 is 2.36 bits per heavy atom. The summed E-state index contributed by atoms with van der Waals surface area (Å²) >= 11 is 9.01. The zero-order valence-corrected chi connectivity index (χ0v) is 9.66. The summed E-state index contributed by atoms with van der Waals surface area (Å²) in [4.78, 5) is 13.4. The third kappa shape index (κ3) is 2.95. The fourth-order valence-electron chi connectivity index (χ4n) is 1.00. The van der Waals surface area contributed by atoms with Crippen molar-refractivity contribution in [1.82, 2.24) is 9.55 Å². The molecular formula is C7H9BrClN3O2. The van der Waals surface area contributed by atoms with Crippen LogP contribution in [0.15, 0.2) is 6.20 Å². The van der Waals surface area contributed by atoms with Gasteiger partial charge in [0.2, 0.25) is 0 Å². The van der Waals surface area contributed by atoms with E-state index < -0.39 is 4.92 Å². The molecule has 0 aliphatic heterocycles. The first-order chi connectivity index (χ1) is 6.65. The predicted molar refractivity (Wildman–Crippen MR) is 56.9 cm³/mol. The predicted octanol–water partition coefficient (Wildman–Crippen LogP) is 2.62. The van der Waals surface area contributed by atoms with E-state index in [1.54, 1.807) is 4.57 Å². The largest absolute Gasteiger partial charge is 0.383 e. The van der Waals surface area contributed by atoms with Gasteiger partial charge in [0.25, 0.3) is 0 Å². The Morgan fingerprint density at radius 1 is 1.64 bits per heavy atom. The van der Waals surface area contributed by atoms with Crippen molar-refractivity contribution in [3.8, 4) is 0 Å². The fourth-order valence-corrected chi connectivity index (χ4v) is 1.62. The van der Waals surface area contributed by atoms with Crippen LogP contribution in [0, 0.1) is 10.1 Å². The van der Waals surface area contributed by atoms with E-state index in [4.69, 9.17) is 11.6 Å². The average molecular weight is 283 g/mol. The number of rotatable bonds is 5. The molecule has 1 aromatic rings. The summed E-state index contributed by atoms with van der Waals surface area (Å²) in [6.07, 6.45) is 3.28. The van der Waals surface area contributed by atoms with E-state index >= 15 is 0 Å². The monoisotopic (exact) mass is 281 g/mol. The summed E-state index contributed by atoms with van der Waals surface area (Å²) in [7, 11) is 0. The zero-order valence-electron chi connectivity index (χ0n) is 7.32. The van der Waals surface area contributed by atoms with Gasteiger partial charge in [0.15, 0.2) is 0 Å². The molecule has 0 aliphatic rings. The van der Waals surface area contributed by atoms with Gasteiger partial charge in [-0.15, -0.1) is 0 Å². The molecule has 78 valence electrons. The lowest BCUT2D eigenvalue weighted by Gasteiger charge is -1.98. The van der Waals surface area contributed by atoms with E-state index in [0.29, 0.717) is 6.54 Å². The third-order valence-corrected chi connectivity index (χ3v) is 2.55. The second-order valence-corrected chi connectivity index (χ2v) is 3.85. The molecule has 14 heavy (non-hydrogen) atoms. The molecule has 0 unspecified atom stereocenters. The molecule has 1 rings (SSSR count). The van der Waals surface area contributed by atoms with Crippen LogP contribution in [-0.2, 0) is 6.54 Å². The smallest absolute Gasteiger partial charge is 0.358 e. The maximum Gasteiger partial charge on any atom is 0.383 e. The van der Waals surface area contributed by atoms with E-state index in [2.05, 4.69) is 20.9 Å². The molecule has 1 heterocycles. The standard InChI is InChI=1S/C7H9BrClN3O2/c8-3-1-2-4-11-5-6(12(13)14)10-7(11)9/h5H,1-4H2. The van der Waals surface area contributed by atoms with Crippen LogP contribution in [0.1, 0.15) is 12.8 Å². The van der Waals surface area contributed by atoms with Crippen LogP contribution < -0.4 is 0 Å². The Balaban J connectivity index is 2.63. The van der Waals surface area contributed by atoms with Crippen molar-refractivity contribution in [3.05, 3.63) is 21.6 Å². The molecule has 0 aromatic carbocycles. The Kier molecular flexibility index (Phi) is 4.34. The average Bonchev–Trinajstić information content (AvgIpc) is 2.49. The SMILES string of the molecule is O=[N+]([O-])c1cn(CCCCBr)c(Cl)n1. The first kappa shape index (κ1) is 11.5. The fraction of sp³-hybridized carbons (Fsp3) is 0.571. The summed E-state index contributed by atoms with van der Waals surface area (Å²) < 4.78 is 1.59. The number of hydrogen-bond acceptors (Lipinski definition) is 3. The van der Waals surface area contributed by atoms with Crippen molar-refractivity contribution in [3.63, 3.8) is 0 Å². The van der Waals surface area contributed by atoms with Gasteiger partial charge in [-0.3, -0.25) is 4.57 Å². The Morgan fingerprint density at radius 3 is 2.86 bits per heavy atom. The van der Waals surface area contributed by atoms with Gasteiger partial charge in [0.1, 0.15) is 6.20 Å². The molecule has 0 saturated carbocycles. The Hall–Kier alpha value is -0.620. The summed E-state index contributed by atoms with van der Waals surface area (Å²) in [6.45, 7) is 0.658. The molecule has 5 nitrogen and oxygen atoms in total. The minimum Gasteiger partial charge on any atom is -0.358 e. The Bertz CT molecular complexity index is 329. The number of nitro groups is 1. The van der Waals surface area contributed by atoms with Gasteiger partial charge in [-0.1, -0.05) is 15.9 Å². The molecule has 0 N–H and O–H groups in total. The third-order valence-electron chi connectivity index (χ3n) is 1.68. The number of aryl methyl sites for hydroxylation is 1. The normalized spacial score (nSPS) is 10.4. The van der Waals surface area contributed by atoms with Crippen molar-refractivity contribution in [2.75, 3.05) is 5.33 Å². The molecule has 0 amide bonds. The van der Waals surface area contributed by atoms with Gasteiger partial charge in [-0.2, -0.15) is 0 Å². The first-order valence-corrected chi connectivity index (χ1v) is 5.58. The van der Waals surface area contributed by atoms with E-state index in [0.717, 1.165) is 18.2 Å². The van der Waals surface area contributed by atoms with Crippen molar-refractivity contribution >= 4 is 33.3 Å². The number of aromatic nitrogens is 2. The highest BCUT2D eigenvalue weighted by molar-refractivity contribution is 9.09. The van der Waals surface area contributed by atoms with E-state index in [1.807, 2.05) is 0 Å². The molecule has 0 saturated heterocycles. The molecule has 0 bridgehead atoms. The molecule has 7 heteroatoms. The van der Waals surface area contributed by atoms with Gasteiger partial charge in [0.05, 0.1) is 0 Å². The van der Waals surface area contributed by atoms with E-state index in [-0.39, 0.29) is 11.1 Å². The second kappa shape index (κ2) is 5.31. The van der Waals surface area contributed by atoms with E-state index in [1.165, 1.54) is 6.20 Å². The summed E-state index contributed by atoms with van der Waals surface area (Å²) in [5.74, 6) is -0.200. The van der Waals surface area contributed by atoms with Crippen molar-refractivity contribution < 1.29 is 4.92 Å². The molecule has 0 atom stereocenters. The van der Waals surface area contributed by atoms with Gasteiger partial charge >= 0.3 is 11.1 Å². The van der Waals surface area contributed by atoms with Crippen LogP contribution in [0.2, 0.25) is 5.28 Å². The quantitative estimate of drug-likeness (QED) is 0.361. The van der Waals surface area contributed by atoms with Crippen LogP contribution in [0.5, 0.6) is 0 Å². The Labute approximate surface area is 94.4 Å². The van der Waals surface area contributed by atoms with Crippen LogP contribution >= 0.6 is 27.5 Å². The minimum absolute atomic E-state index is 0.172. The molecule has 0 fully saturated rings. The molecule has 0 radical (unpaired) electrons. The van der Waals surface area contributed by atoms with Gasteiger partial charge < -0.3 is 10.1 Å². The van der Waals surface area contributed by atoms with Crippen molar-refractivity contribution in [2.24, 2.45) is 0 Å². The topological polar surface area (TPSA) is 61.0 Å². The second-order valence-electron chi connectivity index (χ2n) is 2.71. The van der Waals surface area contributed by atoms with Crippen LogP contribution in [0.4, 0.5) is 5.82 Å². The molecule has 0 aliphatic carbocycles. The maximum atomic E-state index is 10.4. The molecular weight excluding hydrogens is 273 g/mol. The minimum atomic E-state index is -0.549. The number of alkyl halides is 1. The lowest BCUT2D eigenvalue weighted by atomic mass is 10.3. The van der Waals surface area contributed by atoms with Crippen LogP contribution in [0.3, 0.4) is 0 Å².